The molecule has 1 unspecified atom stereocenters. The van der Waals surface area contributed by atoms with Gasteiger partial charge in [-0.2, -0.15) is 0 Å². The van der Waals surface area contributed by atoms with E-state index < -0.39 is 0 Å². The molecule has 0 N–H and O–H groups in total. The third-order valence-corrected chi connectivity index (χ3v) is 22.2. The molecule has 5 aromatic carbocycles. The summed E-state index contributed by atoms with van der Waals surface area (Å²) in [5, 5.41) is 0. The van der Waals surface area contributed by atoms with Crippen molar-refractivity contribution < 1.29 is 23.7 Å². The summed E-state index contributed by atoms with van der Waals surface area (Å²) in [6, 6.07) is 57.3. The van der Waals surface area contributed by atoms with Crippen molar-refractivity contribution in [1.82, 2.24) is 19.9 Å². The minimum absolute atomic E-state index is 0.289. The number of aryl methyl sites for hydroxylation is 1. The number of aromatic nitrogens is 4. The van der Waals surface area contributed by atoms with Gasteiger partial charge in [-0.15, -0.1) is 0 Å². The second kappa shape index (κ2) is 36.2. The summed E-state index contributed by atoms with van der Waals surface area (Å²) >= 11 is 0. The quantitative estimate of drug-likeness (QED) is 0.0580. The Kier molecular flexibility index (Phi) is 26.8. The number of fused-ring (bicyclic) bond motifs is 5. The number of nitrogens with zero attached hydrogens (tertiary/aromatic N) is 4. The molecule has 99 heavy (non-hydrogen) atoms. The molecule has 0 amide bonds. The molecule has 4 fully saturated rings. The highest BCUT2D eigenvalue weighted by molar-refractivity contribution is 5.71. The molecule has 0 radical (unpaired) electrons. The highest BCUT2D eigenvalue weighted by atomic mass is 16.5. The summed E-state index contributed by atoms with van der Waals surface area (Å²) < 4.78 is 29.4. The van der Waals surface area contributed by atoms with Crippen LogP contribution >= 0.6 is 0 Å². The van der Waals surface area contributed by atoms with Gasteiger partial charge in [-0.1, -0.05) is 179 Å². The predicted molar refractivity (Wildman–Crippen MR) is 408 cm³/mol. The fraction of sp³-hybridized carbons (Fsp3) is 0.444. The monoisotopic (exact) mass is 1330 g/mol. The molecule has 4 heterocycles. The molecule has 9 aromatic rings. The van der Waals surface area contributed by atoms with Crippen molar-refractivity contribution in [3.8, 4) is 73.6 Å². The average molecular weight is 1330 g/mol. The number of ether oxygens (including phenoxy) is 5. The Hall–Kier alpha value is -8.30. The molecule has 13 rings (SSSR count). The maximum atomic E-state index is 6.43. The third kappa shape index (κ3) is 20.4. The molecule has 0 bridgehead atoms. The van der Waals surface area contributed by atoms with Gasteiger partial charge in [0.25, 0.3) is 0 Å². The summed E-state index contributed by atoms with van der Waals surface area (Å²) in [7, 11) is 0. The van der Waals surface area contributed by atoms with Crippen LogP contribution in [0.2, 0.25) is 0 Å². The second-order valence-electron chi connectivity index (χ2n) is 30.1. The molecule has 4 saturated carbocycles. The first-order chi connectivity index (χ1) is 48.1. The first kappa shape index (κ1) is 73.4. The average Bonchev–Trinajstić information content (AvgIpc) is 0.714. The Morgan fingerprint density at radius 1 is 0.444 bits per heavy atom. The number of benzene rings is 5. The van der Waals surface area contributed by atoms with E-state index in [9.17, 15) is 0 Å². The molecule has 0 aliphatic heterocycles. The summed E-state index contributed by atoms with van der Waals surface area (Å²) in [4.78, 5) is 16.0. The van der Waals surface area contributed by atoms with Crippen molar-refractivity contribution in [2.45, 2.75) is 197 Å². The summed E-state index contributed by atoms with van der Waals surface area (Å²) in [6.45, 7) is 24.9. The van der Waals surface area contributed by atoms with Gasteiger partial charge in [-0.3, -0.25) is 19.9 Å². The zero-order valence-electron chi connectivity index (χ0n) is 61.2. The van der Waals surface area contributed by atoms with E-state index in [1.165, 1.54) is 130 Å². The molecule has 9 atom stereocenters. The highest BCUT2D eigenvalue weighted by Gasteiger charge is 2.60. The van der Waals surface area contributed by atoms with Gasteiger partial charge in [0.2, 0.25) is 0 Å². The molecular formula is C90H112N4O5. The van der Waals surface area contributed by atoms with Crippen molar-refractivity contribution in [1.29, 1.82) is 0 Å². The van der Waals surface area contributed by atoms with Crippen LogP contribution in [0.4, 0.5) is 0 Å². The van der Waals surface area contributed by atoms with Crippen LogP contribution in [0.25, 0.3) is 33.4 Å². The van der Waals surface area contributed by atoms with E-state index in [0.717, 1.165) is 107 Å². The lowest BCUT2D eigenvalue weighted by atomic mass is 9.40. The molecule has 0 spiro atoms. The van der Waals surface area contributed by atoms with E-state index in [0.29, 0.717) is 22.3 Å². The van der Waals surface area contributed by atoms with Gasteiger partial charge in [0.1, 0.15) is 40.2 Å². The summed E-state index contributed by atoms with van der Waals surface area (Å²) in [5.41, 5.74) is 10.1. The first-order valence-electron chi connectivity index (χ1n) is 37.5. The smallest absolute Gasteiger partial charge is 0.130 e. The molecule has 9 nitrogen and oxygen atoms in total. The lowest BCUT2D eigenvalue weighted by Gasteiger charge is -2.65. The molecule has 4 aliphatic carbocycles. The molecule has 522 valence electrons. The van der Waals surface area contributed by atoms with Crippen LogP contribution in [0.1, 0.15) is 184 Å². The zero-order valence-corrected chi connectivity index (χ0v) is 61.2. The second-order valence-corrected chi connectivity index (χ2v) is 30.1. The molecule has 4 aromatic heterocycles. The number of rotatable bonds is 23. The maximum absolute atomic E-state index is 6.43. The van der Waals surface area contributed by atoms with Gasteiger partial charge >= 0.3 is 0 Å². The van der Waals surface area contributed by atoms with Crippen LogP contribution < -0.4 is 23.7 Å². The topological polar surface area (TPSA) is 97.7 Å². The normalized spacial score (nSPS) is 21.7. The van der Waals surface area contributed by atoms with Gasteiger partial charge in [-0.05, 0) is 266 Å². The molecule has 0 saturated heterocycles. The Balaban J connectivity index is 0.000000150. The van der Waals surface area contributed by atoms with E-state index in [1.807, 2.05) is 97.3 Å². The maximum Gasteiger partial charge on any atom is 0.130 e. The van der Waals surface area contributed by atoms with Crippen LogP contribution in [-0.2, 0) is 6.42 Å². The summed E-state index contributed by atoms with van der Waals surface area (Å²) in [6.07, 6.45) is 38.5. The van der Waals surface area contributed by atoms with Gasteiger partial charge in [0, 0.05) is 49.6 Å². The van der Waals surface area contributed by atoms with Crippen LogP contribution in [-0.4, -0.2) is 38.8 Å². The first-order valence-corrected chi connectivity index (χ1v) is 37.5. The van der Waals surface area contributed by atoms with Crippen LogP contribution in [0.3, 0.4) is 0 Å². The predicted octanol–water partition coefficient (Wildman–Crippen LogP) is 24.9. The van der Waals surface area contributed by atoms with E-state index >= 15 is 0 Å². The fourth-order valence-electron chi connectivity index (χ4n) is 17.3. The Bertz CT molecular complexity index is 3740. The van der Waals surface area contributed by atoms with Crippen LogP contribution in [0, 0.1) is 51.8 Å². The highest BCUT2D eigenvalue weighted by Crippen LogP contribution is 2.68. The summed E-state index contributed by atoms with van der Waals surface area (Å²) in [5.74, 6) is 11.5. The Labute approximate surface area is 594 Å². The number of hydrogen-bond donors (Lipinski definition) is 0. The minimum Gasteiger partial charge on any atom is -0.494 e. The molecule has 9 heteroatoms. The lowest BCUT2D eigenvalue weighted by Crippen LogP contribution is -2.58. The zero-order chi connectivity index (χ0) is 69.5. The van der Waals surface area contributed by atoms with Gasteiger partial charge < -0.3 is 23.7 Å². The third-order valence-electron chi connectivity index (χ3n) is 22.2. The molecule has 4 aliphatic rings. The van der Waals surface area contributed by atoms with Crippen LogP contribution in [0.15, 0.2) is 219 Å². The van der Waals surface area contributed by atoms with Gasteiger partial charge in [0.15, 0.2) is 0 Å². The number of pyridine rings is 4. The number of unbranched alkanes of at least 4 members (excludes halogenated alkanes) is 3. The van der Waals surface area contributed by atoms with Crippen molar-refractivity contribution >= 4 is 0 Å². The SMILES string of the molecule is CC(C)CC(C)(C)[C@H]1CCC[C@H]2[C@@H]3CC[C@H]4C[C@@H](Oc5ccncc5)CC[C@]4(C)[C@H]3CC[C@]12C.CCC(C)Oc1ccncc1.CCCCCCOc1ccc(-c2ccc(Oc3ccncc3)cc2)cc1.CCCc1ccc(-c2ccc(-c3ccc(Oc4ccncc4)cc3)cc2)cc1. The van der Waals surface area contributed by atoms with E-state index in [1.54, 1.807) is 37.2 Å². The van der Waals surface area contributed by atoms with Crippen LogP contribution in [0.5, 0.6) is 40.2 Å². The number of hydrogen-bond acceptors (Lipinski definition) is 9. The van der Waals surface area contributed by atoms with Crippen molar-refractivity contribution in [3.63, 3.8) is 0 Å². The van der Waals surface area contributed by atoms with Crippen molar-refractivity contribution in [2.24, 2.45) is 51.8 Å². The standard InChI is InChI=1S/C32H51NO.C26H23NO.C23H25NO2.C9H13NO/c1-22(2)21-30(3,4)29-9-7-8-27-26-11-10-23-20-25(34-24-14-18-33-19-15-24)12-16-31(23,5)28(26)13-17-32(27,29)6;1-2-3-20-4-6-21(7-5-20)22-8-10-23(11-9-22)24-12-14-25(15-13-24)28-26-16-18-27-19-17-26;1-2-3-4-5-18-25-21-10-6-19(7-11-21)20-8-12-22(13-9-20)26-23-14-16-24-17-15-23;1-3-8(2)11-9-4-6-10-7-5-9/h14-15,18-19,22-23,25-29H,7-13,16-17,20-21H2,1-6H3;4-19H,2-3H2,1H3;6-17H,2-5,18H2,1H3;4-8H,3H2,1-2H3/t23-,25-,26-,27-,28-,29+,31-,32-;;;/m0.../s1. The Morgan fingerprint density at radius 3 is 1.37 bits per heavy atom. The van der Waals surface area contributed by atoms with Gasteiger partial charge in [-0.25, -0.2) is 0 Å². The molecular weight excluding hydrogens is 1220 g/mol. The van der Waals surface area contributed by atoms with E-state index in [2.05, 4.69) is 174 Å². The largest absolute Gasteiger partial charge is 0.494 e. The lowest BCUT2D eigenvalue weighted by molar-refractivity contribution is -0.165. The Morgan fingerprint density at radius 2 is 0.889 bits per heavy atom. The van der Waals surface area contributed by atoms with Crippen molar-refractivity contribution in [2.75, 3.05) is 6.61 Å². The van der Waals surface area contributed by atoms with Gasteiger partial charge in [0.05, 0.1) is 18.8 Å². The fourth-order valence-corrected chi connectivity index (χ4v) is 17.3. The van der Waals surface area contributed by atoms with E-state index in [-0.39, 0.29) is 6.10 Å². The minimum atomic E-state index is 0.289. The van der Waals surface area contributed by atoms with E-state index in [4.69, 9.17) is 23.7 Å². The van der Waals surface area contributed by atoms with Crippen molar-refractivity contribution in [3.05, 3.63) is 225 Å².